The van der Waals surface area contributed by atoms with E-state index in [0.717, 1.165) is 18.4 Å². The van der Waals surface area contributed by atoms with E-state index < -0.39 is 10.7 Å². The number of nitrogens with zero attached hydrogens (tertiary/aromatic N) is 1. The molecule has 1 atom stereocenters. The van der Waals surface area contributed by atoms with Gasteiger partial charge in [-0.1, -0.05) is 30.3 Å². The Balaban J connectivity index is 1.95. The maximum Gasteiger partial charge on any atom is 0.295 e. The van der Waals surface area contributed by atoms with Crippen molar-refractivity contribution >= 4 is 11.4 Å². The fourth-order valence-electron chi connectivity index (χ4n) is 2.69. The number of benzene rings is 2. The van der Waals surface area contributed by atoms with Gasteiger partial charge in [0.1, 0.15) is 5.69 Å². The van der Waals surface area contributed by atoms with Crippen molar-refractivity contribution in [3.8, 4) is 0 Å². The van der Waals surface area contributed by atoms with E-state index in [-0.39, 0.29) is 17.4 Å². The monoisotopic (exact) mass is 272 g/mol. The Bertz CT molecular complexity index is 673. The minimum absolute atomic E-state index is 0.0285. The van der Waals surface area contributed by atoms with Crippen molar-refractivity contribution in [2.45, 2.75) is 18.9 Å². The highest BCUT2D eigenvalue weighted by Gasteiger charge is 2.26. The third-order valence-corrected chi connectivity index (χ3v) is 3.64. The fourth-order valence-corrected chi connectivity index (χ4v) is 2.69. The molecule has 0 amide bonds. The lowest BCUT2D eigenvalue weighted by atomic mass is 10.1. The lowest BCUT2D eigenvalue weighted by Gasteiger charge is -2.16. The number of nitro groups is 1. The number of fused-ring (bicyclic) bond motifs is 1. The molecule has 5 heteroatoms. The molecule has 1 unspecified atom stereocenters. The fraction of sp³-hybridized carbons (Fsp3) is 0.200. The minimum atomic E-state index is -0.594. The van der Waals surface area contributed by atoms with Crippen LogP contribution in [-0.2, 0) is 6.42 Å². The lowest BCUT2D eigenvalue weighted by molar-refractivity contribution is -0.384. The predicted molar refractivity (Wildman–Crippen MR) is 74.2 cm³/mol. The molecule has 0 fully saturated rings. The zero-order valence-corrected chi connectivity index (χ0v) is 10.7. The number of rotatable bonds is 3. The number of nitrogens with one attached hydrogen (secondary N) is 1. The number of para-hydroxylation sites is 1. The Hall–Kier alpha value is -2.43. The predicted octanol–water partition coefficient (Wildman–Crippen LogP) is 3.83. The Labute approximate surface area is 115 Å². The molecule has 1 aliphatic carbocycles. The van der Waals surface area contributed by atoms with Crippen molar-refractivity contribution in [3.63, 3.8) is 0 Å². The second-order valence-corrected chi connectivity index (χ2v) is 4.83. The summed E-state index contributed by atoms with van der Waals surface area (Å²) in [6.45, 7) is 0. The first-order valence-corrected chi connectivity index (χ1v) is 6.44. The van der Waals surface area contributed by atoms with Gasteiger partial charge >= 0.3 is 0 Å². The summed E-state index contributed by atoms with van der Waals surface area (Å²) >= 11 is 0. The van der Waals surface area contributed by atoms with Gasteiger partial charge in [-0.05, 0) is 30.0 Å². The highest BCUT2D eigenvalue weighted by atomic mass is 19.1. The molecule has 0 saturated carbocycles. The molecular weight excluding hydrogens is 259 g/mol. The van der Waals surface area contributed by atoms with Crippen LogP contribution in [0.1, 0.15) is 23.6 Å². The van der Waals surface area contributed by atoms with E-state index in [2.05, 4.69) is 5.32 Å². The summed E-state index contributed by atoms with van der Waals surface area (Å²) in [5.41, 5.74) is 2.04. The van der Waals surface area contributed by atoms with Crippen LogP contribution in [0.5, 0.6) is 0 Å². The number of hydrogen-bond acceptors (Lipinski definition) is 3. The van der Waals surface area contributed by atoms with Gasteiger partial charge in [0.15, 0.2) is 5.82 Å². The molecular formula is C15H13FN2O2. The van der Waals surface area contributed by atoms with Gasteiger partial charge in [-0.2, -0.15) is 0 Å². The topological polar surface area (TPSA) is 55.2 Å². The van der Waals surface area contributed by atoms with Gasteiger partial charge in [0.2, 0.25) is 0 Å². The van der Waals surface area contributed by atoms with Crippen molar-refractivity contribution < 1.29 is 9.31 Å². The SMILES string of the molecule is O=[N+]([O-])c1cccc(F)c1NC1CCc2ccccc21. The number of halogens is 1. The summed E-state index contributed by atoms with van der Waals surface area (Å²) in [6, 6.07) is 11.7. The Morgan fingerprint density at radius 1 is 1.20 bits per heavy atom. The van der Waals surface area contributed by atoms with Crippen molar-refractivity contribution in [2.24, 2.45) is 0 Å². The zero-order valence-electron chi connectivity index (χ0n) is 10.7. The van der Waals surface area contributed by atoms with Gasteiger partial charge in [0.25, 0.3) is 5.69 Å². The van der Waals surface area contributed by atoms with E-state index in [1.165, 1.54) is 23.8 Å². The molecule has 1 aliphatic rings. The third-order valence-electron chi connectivity index (χ3n) is 3.64. The maximum atomic E-state index is 13.9. The highest BCUT2D eigenvalue weighted by molar-refractivity contribution is 5.63. The second-order valence-electron chi connectivity index (χ2n) is 4.83. The van der Waals surface area contributed by atoms with Crippen LogP contribution in [0.4, 0.5) is 15.8 Å². The maximum absolute atomic E-state index is 13.9. The van der Waals surface area contributed by atoms with Gasteiger partial charge < -0.3 is 5.32 Å². The molecule has 0 heterocycles. The molecule has 4 nitrogen and oxygen atoms in total. The van der Waals surface area contributed by atoms with Crippen molar-refractivity contribution in [1.82, 2.24) is 0 Å². The molecule has 1 N–H and O–H groups in total. The Morgan fingerprint density at radius 2 is 2.00 bits per heavy atom. The zero-order chi connectivity index (χ0) is 14.1. The largest absolute Gasteiger partial charge is 0.370 e. The summed E-state index contributed by atoms with van der Waals surface area (Å²) in [5.74, 6) is -0.594. The Kier molecular flexibility index (Phi) is 3.10. The van der Waals surface area contributed by atoms with Crippen LogP contribution >= 0.6 is 0 Å². The van der Waals surface area contributed by atoms with Crippen molar-refractivity contribution in [1.29, 1.82) is 0 Å². The van der Waals surface area contributed by atoms with E-state index in [1.807, 2.05) is 24.3 Å². The van der Waals surface area contributed by atoms with Gasteiger partial charge in [0, 0.05) is 6.07 Å². The number of aryl methyl sites for hydroxylation is 1. The van der Waals surface area contributed by atoms with Crippen LogP contribution in [0.3, 0.4) is 0 Å². The molecule has 102 valence electrons. The van der Waals surface area contributed by atoms with E-state index >= 15 is 0 Å². The van der Waals surface area contributed by atoms with Gasteiger partial charge in [-0.3, -0.25) is 10.1 Å². The normalized spacial score (nSPS) is 16.8. The summed E-state index contributed by atoms with van der Waals surface area (Å²) in [6.07, 6.45) is 1.71. The van der Waals surface area contributed by atoms with Gasteiger partial charge in [-0.25, -0.2) is 4.39 Å². The molecule has 0 bridgehead atoms. The molecule has 3 rings (SSSR count). The van der Waals surface area contributed by atoms with Gasteiger partial charge in [-0.15, -0.1) is 0 Å². The summed E-state index contributed by atoms with van der Waals surface area (Å²) in [7, 11) is 0. The quantitative estimate of drug-likeness (QED) is 0.682. The summed E-state index contributed by atoms with van der Waals surface area (Å²) in [4.78, 5) is 10.4. The van der Waals surface area contributed by atoms with Crippen LogP contribution in [-0.4, -0.2) is 4.92 Å². The van der Waals surface area contributed by atoms with E-state index in [0.29, 0.717) is 0 Å². The molecule has 0 radical (unpaired) electrons. The molecule has 2 aromatic carbocycles. The van der Waals surface area contributed by atoms with Crippen LogP contribution in [0.2, 0.25) is 0 Å². The average molecular weight is 272 g/mol. The smallest absolute Gasteiger partial charge is 0.295 e. The molecule has 0 spiro atoms. The molecule has 2 aromatic rings. The highest BCUT2D eigenvalue weighted by Crippen LogP contribution is 2.37. The second kappa shape index (κ2) is 4.92. The van der Waals surface area contributed by atoms with Crippen LogP contribution in [0.15, 0.2) is 42.5 Å². The van der Waals surface area contributed by atoms with Crippen molar-refractivity contribution in [2.75, 3.05) is 5.32 Å². The van der Waals surface area contributed by atoms with Crippen molar-refractivity contribution in [3.05, 3.63) is 69.5 Å². The number of anilines is 1. The first-order chi connectivity index (χ1) is 9.66. The summed E-state index contributed by atoms with van der Waals surface area (Å²) < 4.78 is 13.9. The van der Waals surface area contributed by atoms with Crippen LogP contribution in [0, 0.1) is 15.9 Å². The Morgan fingerprint density at radius 3 is 2.80 bits per heavy atom. The molecule has 20 heavy (non-hydrogen) atoms. The minimum Gasteiger partial charge on any atom is -0.370 e. The summed E-state index contributed by atoms with van der Waals surface area (Å²) in [5, 5.41) is 14.0. The average Bonchev–Trinajstić information content (AvgIpc) is 2.84. The lowest BCUT2D eigenvalue weighted by Crippen LogP contribution is -2.10. The first kappa shape index (κ1) is 12.6. The van der Waals surface area contributed by atoms with Gasteiger partial charge in [0.05, 0.1) is 11.0 Å². The molecule has 0 aromatic heterocycles. The van der Waals surface area contributed by atoms with E-state index in [4.69, 9.17) is 0 Å². The van der Waals surface area contributed by atoms with E-state index in [9.17, 15) is 14.5 Å². The standard InChI is InChI=1S/C15H13FN2O2/c16-12-6-3-7-14(18(19)20)15(12)17-13-9-8-10-4-1-2-5-11(10)13/h1-7,13,17H,8-9H2. The third kappa shape index (κ3) is 2.11. The van der Waals surface area contributed by atoms with Crippen LogP contribution < -0.4 is 5.32 Å². The number of hydrogen-bond donors (Lipinski definition) is 1. The number of nitro benzene ring substituents is 1. The van der Waals surface area contributed by atoms with E-state index in [1.54, 1.807) is 0 Å². The first-order valence-electron chi connectivity index (χ1n) is 6.44. The molecule has 0 saturated heterocycles. The molecule has 0 aliphatic heterocycles. The van der Waals surface area contributed by atoms with Crippen LogP contribution in [0.25, 0.3) is 0 Å².